The minimum atomic E-state index is -1.16. The average molecular weight is 443 g/mol. The number of amides is 1. The summed E-state index contributed by atoms with van der Waals surface area (Å²) in [5.74, 6) is -2.51. The summed E-state index contributed by atoms with van der Waals surface area (Å²) in [5.41, 5.74) is 1.59. The van der Waals surface area contributed by atoms with Crippen molar-refractivity contribution in [2.75, 3.05) is 5.32 Å². The highest BCUT2D eigenvalue weighted by molar-refractivity contribution is 6.28. The Morgan fingerprint density at radius 2 is 1.48 bits per heavy atom. The number of esters is 1. The highest BCUT2D eigenvalue weighted by Crippen LogP contribution is 2.29. The van der Waals surface area contributed by atoms with Gasteiger partial charge >= 0.3 is 5.97 Å². The van der Waals surface area contributed by atoms with Crippen LogP contribution in [0.1, 0.15) is 44.3 Å². The highest BCUT2D eigenvalue weighted by Gasteiger charge is 2.29. The van der Waals surface area contributed by atoms with Gasteiger partial charge < -0.3 is 10.1 Å². The lowest BCUT2D eigenvalue weighted by atomic mass is 9.84. The van der Waals surface area contributed by atoms with Crippen LogP contribution >= 0.6 is 0 Å². The van der Waals surface area contributed by atoms with Crippen molar-refractivity contribution < 1.29 is 28.3 Å². The molecule has 1 atom stereocenters. The molecule has 0 bridgehead atoms. The van der Waals surface area contributed by atoms with Crippen molar-refractivity contribution in [3.05, 3.63) is 106 Å². The number of ether oxygens (including phenoxy) is 1. The van der Waals surface area contributed by atoms with E-state index in [0.717, 1.165) is 6.08 Å². The summed E-state index contributed by atoms with van der Waals surface area (Å²) in [6.45, 7) is 1.38. The summed E-state index contributed by atoms with van der Waals surface area (Å²) < 4.78 is 18.7. The maximum atomic E-state index is 13.6. The van der Waals surface area contributed by atoms with Gasteiger partial charge in [-0.05, 0) is 37.3 Å². The van der Waals surface area contributed by atoms with Crippen LogP contribution in [0.3, 0.4) is 0 Å². The van der Waals surface area contributed by atoms with E-state index in [1.165, 1.54) is 49.4 Å². The van der Waals surface area contributed by atoms with Gasteiger partial charge in [0.1, 0.15) is 5.82 Å². The predicted octanol–water partition coefficient (Wildman–Crippen LogP) is 4.18. The van der Waals surface area contributed by atoms with Gasteiger partial charge in [-0.2, -0.15) is 0 Å². The van der Waals surface area contributed by atoms with Crippen LogP contribution in [-0.4, -0.2) is 29.5 Å². The summed E-state index contributed by atoms with van der Waals surface area (Å²) in [6, 6.07) is 16.9. The molecule has 3 aromatic rings. The Kier molecular flexibility index (Phi) is 5.95. The van der Waals surface area contributed by atoms with Gasteiger partial charge in [0, 0.05) is 39.6 Å². The molecule has 0 spiro atoms. The molecule has 1 aliphatic rings. The normalized spacial score (nSPS) is 13.3. The summed E-state index contributed by atoms with van der Waals surface area (Å²) in [7, 11) is 0. The number of nitrogens with one attached hydrogen (secondary N) is 1. The molecule has 4 rings (SSSR count). The number of hydrogen-bond donors (Lipinski definition) is 1. The first-order valence-corrected chi connectivity index (χ1v) is 10.1. The second kappa shape index (κ2) is 9.00. The first-order chi connectivity index (χ1) is 15.8. The monoisotopic (exact) mass is 443 g/mol. The smallest absolute Gasteiger partial charge is 0.331 e. The zero-order valence-electron chi connectivity index (χ0n) is 17.5. The number of fused-ring (bicyclic) bond motifs is 2. The summed E-state index contributed by atoms with van der Waals surface area (Å²) in [6.07, 6.45) is 1.13. The van der Waals surface area contributed by atoms with Gasteiger partial charge in [0.2, 0.25) is 0 Å². The van der Waals surface area contributed by atoms with Gasteiger partial charge in [-0.15, -0.1) is 0 Å². The molecule has 0 saturated heterocycles. The van der Waals surface area contributed by atoms with Gasteiger partial charge in [0.05, 0.1) is 0 Å². The Bertz CT molecular complexity index is 1330. The molecule has 1 amide bonds. The van der Waals surface area contributed by atoms with Crippen molar-refractivity contribution in [1.82, 2.24) is 0 Å². The SMILES string of the molecule is CC(OC(=O)/C=C/c1ccccc1F)C(=O)Nc1ccc2c(c1)C(=O)c1ccccc1C2=O. The number of halogens is 1. The molecular formula is C26H18FNO5. The van der Waals surface area contributed by atoms with Crippen LogP contribution < -0.4 is 5.32 Å². The van der Waals surface area contributed by atoms with E-state index in [9.17, 15) is 23.6 Å². The molecule has 6 nitrogen and oxygen atoms in total. The molecule has 0 heterocycles. The van der Waals surface area contributed by atoms with E-state index in [2.05, 4.69) is 5.32 Å². The summed E-state index contributed by atoms with van der Waals surface area (Å²) >= 11 is 0. The van der Waals surface area contributed by atoms with Crippen molar-refractivity contribution >= 4 is 35.2 Å². The first kappa shape index (κ1) is 21.8. The number of benzene rings is 3. The topological polar surface area (TPSA) is 89.5 Å². The zero-order valence-corrected chi connectivity index (χ0v) is 17.5. The van der Waals surface area contributed by atoms with Crippen molar-refractivity contribution in [3.8, 4) is 0 Å². The molecule has 0 aliphatic heterocycles. The van der Waals surface area contributed by atoms with Crippen LogP contribution in [0.2, 0.25) is 0 Å². The van der Waals surface area contributed by atoms with Gasteiger partial charge in [-0.1, -0.05) is 42.5 Å². The van der Waals surface area contributed by atoms with Gasteiger partial charge in [0.15, 0.2) is 17.7 Å². The maximum Gasteiger partial charge on any atom is 0.331 e. The van der Waals surface area contributed by atoms with Gasteiger partial charge in [-0.25, -0.2) is 9.18 Å². The number of ketones is 2. The molecule has 3 aromatic carbocycles. The second-order valence-corrected chi connectivity index (χ2v) is 7.39. The fraction of sp³-hybridized carbons (Fsp3) is 0.0769. The molecule has 1 unspecified atom stereocenters. The number of carbonyl (C=O) groups is 4. The lowest BCUT2D eigenvalue weighted by Crippen LogP contribution is -2.29. The Morgan fingerprint density at radius 1 is 0.879 bits per heavy atom. The van der Waals surface area contributed by atoms with Crippen LogP contribution in [0.5, 0.6) is 0 Å². The van der Waals surface area contributed by atoms with Crippen molar-refractivity contribution in [2.45, 2.75) is 13.0 Å². The Labute approximate surface area is 188 Å². The van der Waals surface area contributed by atoms with Crippen molar-refractivity contribution in [3.63, 3.8) is 0 Å². The molecule has 0 saturated carbocycles. The quantitative estimate of drug-likeness (QED) is 0.369. The number of rotatable bonds is 5. The Morgan fingerprint density at radius 3 is 2.18 bits per heavy atom. The van der Waals surface area contributed by atoms with Gasteiger partial charge in [0.25, 0.3) is 5.91 Å². The molecule has 1 aliphatic carbocycles. The standard InChI is InChI=1S/C26H18FNO5/c1-15(33-23(29)13-10-16-6-2-5-9-22(16)27)26(32)28-17-11-12-20-21(14-17)25(31)19-8-4-3-7-18(19)24(20)30/h2-15H,1H3,(H,28,32)/b13-10+. The Hall–Kier alpha value is -4.39. The van der Waals surface area contributed by atoms with E-state index in [1.807, 2.05) is 0 Å². The van der Waals surface area contributed by atoms with E-state index in [1.54, 1.807) is 30.3 Å². The predicted molar refractivity (Wildman–Crippen MR) is 119 cm³/mol. The third-order valence-corrected chi connectivity index (χ3v) is 5.16. The van der Waals surface area contributed by atoms with Crippen LogP contribution in [0.4, 0.5) is 10.1 Å². The largest absolute Gasteiger partial charge is 0.449 e. The Balaban J connectivity index is 1.43. The van der Waals surface area contributed by atoms with E-state index in [-0.39, 0.29) is 33.9 Å². The molecule has 0 aromatic heterocycles. The van der Waals surface area contributed by atoms with Crippen LogP contribution in [0.25, 0.3) is 6.08 Å². The van der Waals surface area contributed by atoms with Crippen molar-refractivity contribution in [1.29, 1.82) is 0 Å². The minimum absolute atomic E-state index is 0.189. The number of carbonyl (C=O) groups excluding carboxylic acids is 4. The third kappa shape index (κ3) is 4.48. The fourth-order valence-electron chi connectivity index (χ4n) is 3.46. The molecule has 7 heteroatoms. The second-order valence-electron chi connectivity index (χ2n) is 7.39. The number of anilines is 1. The van der Waals surface area contributed by atoms with Crippen LogP contribution in [0, 0.1) is 5.82 Å². The average Bonchev–Trinajstić information content (AvgIpc) is 2.82. The molecule has 1 N–H and O–H groups in total. The van der Waals surface area contributed by atoms with E-state index < -0.39 is 23.8 Å². The van der Waals surface area contributed by atoms with E-state index >= 15 is 0 Å². The van der Waals surface area contributed by atoms with E-state index in [4.69, 9.17) is 4.74 Å². The molecule has 33 heavy (non-hydrogen) atoms. The molecule has 0 radical (unpaired) electrons. The highest BCUT2D eigenvalue weighted by atomic mass is 19.1. The zero-order chi connectivity index (χ0) is 23.5. The lowest BCUT2D eigenvalue weighted by molar-refractivity contribution is -0.148. The summed E-state index contributed by atoms with van der Waals surface area (Å²) in [4.78, 5) is 49.9. The molecule has 0 fully saturated rings. The van der Waals surface area contributed by atoms with E-state index in [0.29, 0.717) is 11.1 Å². The third-order valence-electron chi connectivity index (χ3n) is 5.16. The number of hydrogen-bond acceptors (Lipinski definition) is 5. The lowest BCUT2D eigenvalue weighted by Gasteiger charge is -2.18. The summed E-state index contributed by atoms with van der Waals surface area (Å²) in [5, 5.41) is 2.58. The minimum Gasteiger partial charge on any atom is -0.449 e. The molecule has 164 valence electrons. The first-order valence-electron chi connectivity index (χ1n) is 10.1. The van der Waals surface area contributed by atoms with Crippen molar-refractivity contribution in [2.24, 2.45) is 0 Å². The van der Waals surface area contributed by atoms with Gasteiger partial charge in [-0.3, -0.25) is 14.4 Å². The van der Waals surface area contributed by atoms with Crippen LogP contribution in [0.15, 0.2) is 72.8 Å². The maximum absolute atomic E-state index is 13.6. The van der Waals surface area contributed by atoms with Crippen LogP contribution in [-0.2, 0) is 14.3 Å². The fourth-order valence-corrected chi connectivity index (χ4v) is 3.46. The molecular weight excluding hydrogens is 425 g/mol.